The molecule has 1 aromatic heterocycles. The number of nitrogens with zero attached hydrogens (tertiary/aromatic N) is 2. The second-order valence-electron chi connectivity index (χ2n) is 3.93. The summed E-state index contributed by atoms with van der Waals surface area (Å²) >= 11 is 1.30. The molecule has 0 saturated carbocycles. The van der Waals surface area contributed by atoms with Gasteiger partial charge in [-0.15, -0.1) is 11.3 Å². The van der Waals surface area contributed by atoms with Crippen molar-refractivity contribution in [2.24, 2.45) is 0 Å². The number of carboxylic acids is 1. The van der Waals surface area contributed by atoms with E-state index in [1.165, 1.54) is 24.3 Å². The average Bonchev–Trinajstić information content (AvgIpc) is 2.90. The lowest BCUT2D eigenvalue weighted by Gasteiger charge is -2.07. The minimum Gasteiger partial charge on any atom is -0.481 e. The largest absolute Gasteiger partial charge is 0.481 e. The van der Waals surface area contributed by atoms with Crippen molar-refractivity contribution in [2.45, 2.75) is 12.8 Å². The van der Waals surface area contributed by atoms with Gasteiger partial charge in [-0.1, -0.05) is 6.07 Å². The highest BCUT2D eigenvalue weighted by atomic mass is 32.1. The van der Waals surface area contributed by atoms with E-state index in [9.17, 15) is 14.9 Å². The normalized spacial score (nSPS) is 12.1. The fourth-order valence-corrected chi connectivity index (χ4v) is 2.32. The van der Waals surface area contributed by atoms with E-state index in [0.717, 1.165) is 0 Å². The lowest BCUT2D eigenvalue weighted by atomic mass is 9.99. The Balaban J connectivity index is 2.53. The Hall–Kier alpha value is -2.28. The number of nitro benzene ring substituents is 1. The van der Waals surface area contributed by atoms with Crippen molar-refractivity contribution in [2.75, 3.05) is 0 Å². The number of aliphatic carboxylic acids is 1. The second-order valence-corrected chi connectivity index (χ2v) is 4.83. The molecule has 1 aromatic carbocycles. The molecule has 0 radical (unpaired) electrons. The molecule has 7 heteroatoms. The van der Waals surface area contributed by atoms with Gasteiger partial charge in [-0.3, -0.25) is 14.9 Å². The predicted octanol–water partition coefficient (Wildman–Crippen LogP) is 2.91. The van der Waals surface area contributed by atoms with Crippen LogP contribution in [0.25, 0.3) is 10.6 Å². The quantitative estimate of drug-likeness (QED) is 0.685. The Kier molecular flexibility index (Phi) is 3.57. The van der Waals surface area contributed by atoms with Crippen molar-refractivity contribution in [1.29, 1.82) is 0 Å². The van der Waals surface area contributed by atoms with Crippen LogP contribution < -0.4 is 0 Å². The fourth-order valence-electron chi connectivity index (χ4n) is 1.65. The number of nitro groups is 1. The van der Waals surface area contributed by atoms with Gasteiger partial charge in [0.2, 0.25) is 0 Å². The highest BCUT2D eigenvalue weighted by Gasteiger charge is 2.22. The molecular formula is C12H10N2O4S. The lowest BCUT2D eigenvalue weighted by molar-refractivity contribution is -0.384. The molecule has 1 atom stereocenters. The number of rotatable bonds is 4. The Labute approximate surface area is 112 Å². The van der Waals surface area contributed by atoms with E-state index in [-0.39, 0.29) is 5.69 Å². The van der Waals surface area contributed by atoms with Crippen LogP contribution in [0.5, 0.6) is 0 Å². The average molecular weight is 278 g/mol. The molecule has 1 heterocycles. The molecule has 1 unspecified atom stereocenters. The van der Waals surface area contributed by atoms with Gasteiger partial charge >= 0.3 is 5.97 Å². The molecule has 0 amide bonds. The number of thiazole rings is 1. The Morgan fingerprint density at radius 2 is 2.26 bits per heavy atom. The molecule has 0 bridgehead atoms. The number of benzene rings is 1. The standard InChI is InChI=1S/C12H10N2O4S/c1-7(12(15)16)8-2-3-9(10(6-8)14(17)18)11-13-4-5-19-11/h2-7H,1H3,(H,15,16). The summed E-state index contributed by atoms with van der Waals surface area (Å²) in [5.41, 5.74) is 0.682. The SMILES string of the molecule is CC(C(=O)O)c1ccc(-c2nccs2)c([N+](=O)[O-])c1. The summed E-state index contributed by atoms with van der Waals surface area (Å²) in [4.78, 5) is 25.5. The van der Waals surface area contributed by atoms with E-state index >= 15 is 0 Å². The second kappa shape index (κ2) is 5.15. The third kappa shape index (κ3) is 2.60. The highest BCUT2D eigenvalue weighted by Crippen LogP contribution is 2.33. The van der Waals surface area contributed by atoms with E-state index in [1.54, 1.807) is 23.7 Å². The Morgan fingerprint density at radius 3 is 2.79 bits per heavy atom. The number of aromatic nitrogens is 1. The lowest BCUT2D eigenvalue weighted by Crippen LogP contribution is -2.08. The maximum atomic E-state index is 11.1. The first-order valence-corrected chi connectivity index (χ1v) is 6.29. The fraction of sp³-hybridized carbons (Fsp3) is 0.167. The molecule has 0 spiro atoms. The van der Waals surface area contributed by atoms with Crippen LogP contribution in [0.3, 0.4) is 0 Å². The molecule has 98 valence electrons. The summed E-state index contributed by atoms with van der Waals surface area (Å²) in [7, 11) is 0. The molecule has 6 nitrogen and oxygen atoms in total. The van der Waals surface area contributed by atoms with E-state index in [1.807, 2.05) is 0 Å². The minimum absolute atomic E-state index is 0.124. The zero-order valence-corrected chi connectivity index (χ0v) is 10.8. The van der Waals surface area contributed by atoms with Gasteiger partial charge in [0, 0.05) is 17.6 Å². The third-order valence-electron chi connectivity index (χ3n) is 2.75. The van der Waals surface area contributed by atoms with Gasteiger partial charge < -0.3 is 5.11 Å². The summed E-state index contributed by atoms with van der Waals surface area (Å²) in [6, 6.07) is 4.43. The molecule has 0 fully saturated rings. The Bertz CT molecular complexity index is 625. The zero-order valence-electron chi connectivity index (χ0n) is 9.94. The van der Waals surface area contributed by atoms with Crippen molar-refractivity contribution in [3.05, 3.63) is 45.5 Å². The van der Waals surface area contributed by atoms with Crippen molar-refractivity contribution in [3.8, 4) is 10.6 Å². The molecule has 2 aromatic rings. The number of hydrogen-bond donors (Lipinski definition) is 1. The van der Waals surface area contributed by atoms with Gasteiger partial charge in [-0.2, -0.15) is 0 Å². The van der Waals surface area contributed by atoms with Crippen LogP contribution in [0.1, 0.15) is 18.4 Å². The van der Waals surface area contributed by atoms with Crippen molar-refractivity contribution >= 4 is 23.0 Å². The van der Waals surface area contributed by atoms with Crippen LogP contribution in [0, 0.1) is 10.1 Å². The summed E-state index contributed by atoms with van der Waals surface area (Å²) in [5, 5.41) is 22.3. The number of hydrogen-bond acceptors (Lipinski definition) is 5. The van der Waals surface area contributed by atoms with Gasteiger partial charge in [-0.25, -0.2) is 4.98 Å². The van der Waals surface area contributed by atoms with Gasteiger partial charge in [0.1, 0.15) is 5.01 Å². The van der Waals surface area contributed by atoms with Crippen LogP contribution in [-0.4, -0.2) is 21.0 Å². The summed E-state index contributed by atoms with van der Waals surface area (Å²) < 4.78 is 0. The molecule has 0 aliphatic carbocycles. The maximum absolute atomic E-state index is 11.1. The number of carboxylic acid groups (broad SMARTS) is 1. The van der Waals surface area contributed by atoms with Crippen LogP contribution in [0.2, 0.25) is 0 Å². The van der Waals surface area contributed by atoms with Crippen LogP contribution >= 0.6 is 11.3 Å². The zero-order chi connectivity index (χ0) is 14.0. The van der Waals surface area contributed by atoms with Crippen molar-refractivity contribution < 1.29 is 14.8 Å². The summed E-state index contributed by atoms with van der Waals surface area (Å²) in [6.45, 7) is 1.49. The Morgan fingerprint density at radius 1 is 1.53 bits per heavy atom. The molecule has 2 rings (SSSR count). The van der Waals surface area contributed by atoms with E-state index < -0.39 is 16.8 Å². The van der Waals surface area contributed by atoms with Gasteiger partial charge in [0.15, 0.2) is 0 Å². The molecule has 1 N–H and O–H groups in total. The maximum Gasteiger partial charge on any atom is 0.310 e. The van der Waals surface area contributed by atoms with Crippen molar-refractivity contribution in [1.82, 2.24) is 4.98 Å². The van der Waals surface area contributed by atoms with Gasteiger partial charge in [0.05, 0.1) is 16.4 Å². The first-order valence-electron chi connectivity index (χ1n) is 5.41. The summed E-state index contributed by atoms with van der Waals surface area (Å²) in [6.07, 6.45) is 1.57. The molecular weight excluding hydrogens is 268 g/mol. The predicted molar refractivity (Wildman–Crippen MR) is 70.3 cm³/mol. The summed E-state index contributed by atoms with van der Waals surface area (Å²) in [5.74, 6) is -1.81. The van der Waals surface area contributed by atoms with Crippen LogP contribution in [-0.2, 0) is 4.79 Å². The molecule has 0 aliphatic heterocycles. The third-order valence-corrected chi connectivity index (χ3v) is 3.56. The first-order chi connectivity index (χ1) is 9.00. The van der Waals surface area contributed by atoms with E-state index in [2.05, 4.69) is 4.98 Å². The van der Waals surface area contributed by atoms with Crippen LogP contribution in [0.4, 0.5) is 5.69 Å². The molecule has 0 saturated heterocycles. The monoisotopic (exact) mass is 278 g/mol. The van der Waals surface area contributed by atoms with Crippen LogP contribution in [0.15, 0.2) is 29.8 Å². The molecule has 19 heavy (non-hydrogen) atoms. The van der Waals surface area contributed by atoms with E-state index in [0.29, 0.717) is 16.1 Å². The van der Waals surface area contributed by atoms with Gasteiger partial charge in [0.25, 0.3) is 5.69 Å². The highest BCUT2D eigenvalue weighted by molar-refractivity contribution is 7.13. The van der Waals surface area contributed by atoms with E-state index in [4.69, 9.17) is 5.11 Å². The number of carbonyl (C=O) groups is 1. The van der Waals surface area contributed by atoms with Gasteiger partial charge in [-0.05, 0) is 18.6 Å². The smallest absolute Gasteiger partial charge is 0.310 e. The first kappa shape index (κ1) is 13.2. The minimum atomic E-state index is -1.02. The molecule has 0 aliphatic rings. The van der Waals surface area contributed by atoms with Crippen molar-refractivity contribution in [3.63, 3.8) is 0 Å². The topological polar surface area (TPSA) is 93.3 Å².